The van der Waals surface area contributed by atoms with E-state index in [-0.39, 0.29) is 5.78 Å². The summed E-state index contributed by atoms with van der Waals surface area (Å²) in [5, 5.41) is 11.5. The van der Waals surface area contributed by atoms with E-state index in [0.717, 1.165) is 43.8 Å². The van der Waals surface area contributed by atoms with Gasteiger partial charge in [0.25, 0.3) is 0 Å². The minimum absolute atomic E-state index is 0.0783. The van der Waals surface area contributed by atoms with E-state index in [9.17, 15) is 10.1 Å². The first-order chi connectivity index (χ1) is 14.6. The van der Waals surface area contributed by atoms with Crippen molar-refractivity contribution in [1.29, 1.82) is 5.26 Å². The molecule has 0 aliphatic carbocycles. The monoisotopic (exact) mass is 410 g/mol. The number of imidazole rings is 1. The van der Waals surface area contributed by atoms with Gasteiger partial charge in [-0.05, 0) is 43.7 Å². The lowest BCUT2D eigenvalue weighted by atomic mass is 10.1. The first kappa shape index (κ1) is 18.5. The topological polar surface area (TPSA) is 73.9 Å². The van der Waals surface area contributed by atoms with E-state index in [2.05, 4.69) is 16.0 Å². The van der Waals surface area contributed by atoms with Gasteiger partial charge in [-0.3, -0.25) is 9.20 Å². The van der Waals surface area contributed by atoms with E-state index >= 15 is 0 Å². The van der Waals surface area contributed by atoms with Crippen LogP contribution >= 0.6 is 11.8 Å². The minimum atomic E-state index is 0.0783. The number of hydrogen-bond acceptors (Lipinski definition) is 4. The molecule has 0 unspecified atom stereocenters. The number of nitrogens with one attached hydrogen (secondary N) is 1. The molecule has 0 atom stereocenters. The summed E-state index contributed by atoms with van der Waals surface area (Å²) < 4.78 is 1.99. The molecule has 30 heavy (non-hydrogen) atoms. The highest BCUT2D eigenvalue weighted by atomic mass is 32.2. The van der Waals surface area contributed by atoms with Crippen molar-refractivity contribution in [2.45, 2.75) is 18.9 Å². The number of ketones is 1. The average Bonchev–Trinajstić information content (AvgIpc) is 3.29. The van der Waals surface area contributed by atoms with Gasteiger partial charge in [0.2, 0.25) is 0 Å². The molecular weight excluding hydrogens is 392 g/mol. The van der Waals surface area contributed by atoms with Crippen LogP contribution in [0.15, 0.2) is 59.6 Å². The highest BCUT2D eigenvalue weighted by Gasteiger charge is 2.19. The number of fused-ring (bicyclic) bond motifs is 4. The number of Topliss-reactive ketones (excluding diaryl/α,β-unsaturated/α-hetero) is 1. The third kappa shape index (κ3) is 2.78. The molecule has 5 nitrogen and oxygen atoms in total. The fourth-order valence-electron chi connectivity index (χ4n) is 4.01. The molecule has 5 rings (SSSR count). The molecule has 0 aliphatic rings. The van der Waals surface area contributed by atoms with Gasteiger partial charge in [0, 0.05) is 22.2 Å². The predicted molar refractivity (Wildman–Crippen MR) is 120 cm³/mol. The Kier molecular flexibility index (Phi) is 4.34. The number of benzene rings is 2. The Bertz CT molecular complexity index is 1500. The Labute approximate surface area is 177 Å². The molecule has 1 N–H and O–H groups in total. The highest BCUT2D eigenvalue weighted by Crippen LogP contribution is 2.31. The summed E-state index contributed by atoms with van der Waals surface area (Å²) >= 11 is 1.48. The number of carbonyl (C=O) groups excluding carboxylic acids is 1. The van der Waals surface area contributed by atoms with E-state index in [1.54, 1.807) is 0 Å². The van der Waals surface area contributed by atoms with Gasteiger partial charge < -0.3 is 4.98 Å². The smallest absolute Gasteiger partial charge is 0.175 e. The van der Waals surface area contributed by atoms with Gasteiger partial charge in [-0.2, -0.15) is 5.26 Å². The van der Waals surface area contributed by atoms with Crippen LogP contribution in [0.5, 0.6) is 0 Å². The van der Waals surface area contributed by atoms with Crippen molar-refractivity contribution in [1.82, 2.24) is 14.4 Å². The number of pyridine rings is 1. The second-order valence-corrected chi connectivity index (χ2v) is 8.29. The normalized spacial score (nSPS) is 11.4. The van der Waals surface area contributed by atoms with Gasteiger partial charge in [0.1, 0.15) is 6.07 Å². The zero-order valence-electron chi connectivity index (χ0n) is 16.6. The molecule has 146 valence electrons. The fraction of sp³-hybridized carbons (Fsp3) is 0.125. The second-order valence-electron chi connectivity index (χ2n) is 7.29. The van der Waals surface area contributed by atoms with Gasteiger partial charge in [-0.15, -0.1) is 0 Å². The number of para-hydroxylation sites is 3. The van der Waals surface area contributed by atoms with Crippen molar-refractivity contribution in [3.8, 4) is 6.07 Å². The summed E-state index contributed by atoms with van der Waals surface area (Å²) in [5.74, 6) is 0.379. The fourth-order valence-corrected chi connectivity index (χ4v) is 5.00. The van der Waals surface area contributed by atoms with Crippen LogP contribution < -0.4 is 0 Å². The van der Waals surface area contributed by atoms with E-state index < -0.39 is 0 Å². The molecule has 0 fully saturated rings. The molecule has 0 saturated heterocycles. The number of rotatable bonds is 4. The number of nitriles is 1. The average molecular weight is 411 g/mol. The maximum Gasteiger partial charge on any atom is 0.175 e. The van der Waals surface area contributed by atoms with Crippen molar-refractivity contribution in [3.63, 3.8) is 0 Å². The van der Waals surface area contributed by atoms with Crippen molar-refractivity contribution in [2.75, 3.05) is 5.75 Å². The van der Waals surface area contributed by atoms with E-state index in [1.165, 1.54) is 11.8 Å². The molecule has 0 radical (unpaired) electrons. The van der Waals surface area contributed by atoms with Crippen molar-refractivity contribution in [2.24, 2.45) is 0 Å². The molecule has 0 aliphatic heterocycles. The standard InChI is InChI=1S/C24H18N4OS/c1-14-11-22(28-20-10-6-5-9-19(20)27-24(28)17(14)12-25)30-13-21(29)23-15(2)26-18-8-4-3-7-16(18)23/h3-11,26H,13H2,1-2H3. The molecule has 0 saturated carbocycles. The van der Waals surface area contributed by atoms with Crippen molar-refractivity contribution < 1.29 is 4.79 Å². The summed E-state index contributed by atoms with van der Waals surface area (Å²) in [6.45, 7) is 3.85. The van der Waals surface area contributed by atoms with Crippen LogP contribution in [0.3, 0.4) is 0 Å². The third-order valence-corrected chi connectivity index (χ3v) is 6.38. The Hall–Kier alpha value is -3.56. The molecule has 5 aromatic rings. The predicted octanol–water partition coefficient (Wildman–Crippen LogP) is 5.43. The lowest BCUT2D eigenvalue weighted by Crippen LogP contribution is -2.05. The Balaban J connectivity index is 1.58. The van der Waals surface area contributed by atoms with Gasteiger partial charge in [0.05, 0.1) is 27.4 Å². The number of aryl methyl sites for hydroxylation is 2. The summed E-state index contributed by atoms with van der Waals surface area (Å²) in [6, 6.07) is 19.9. The molecule has 6 heteroatoms. The largest absolute Gasteiger partial charge is 0.358 e. The maximum absolute atomic E-state index is 13.1. The molecule has 3 aromatic heterocycles. The van der Waals surface area contributed by atoms with Crippen molar-refractivity contribution >= 4 is 45.1 Å². The summed E-state index contributed by atoms with van der Waals surface area (Å²) in [6.07, 6.45) is 0. The van der Waals surface area contributed by atoms with Crippen LogP contribution in [-0.4, -0.2) is 25.9 Å². The van der Waals surface area contributed by atoms with Crippen LogP contribution in [0.1, 0.15) is 27.2 Å². The molecule has 0 amide bonds. The molecule has 0 bridgehead atoms. The van der Waals surface area contributed by atoms with Gasteiger partial charge in [-0.1, -0.05) is 42.1 Å². The van der Waals surface area contributed by atoms with Gasteiger partial charge >= 0.3 is 0 Å². The summed E-state index contributed by atoms with van der Waals surface area (Å²) in [5.41, 5.74) is 6.43. The number of nitrogens with zero attached hydrogens (tertiary/aromatic N) is 3. The van der Waals surface area contributed by atoms with Crippen LogP contribution in [0.2, 0.25) is 0 Å². The minimum Gasteiger partial charge on any atom is -0.358 e. The Morgan fingerprint density at radius 3 is 2.77 bits per heavy atom. The molecular formula is C24H18N4OS. The SMILES string of the molecule is Cc1cc(SCC(=O)c2c(C)[nH]c3ccccc23)n2c(nc3ccccc32)c1C#N. The van der Waals surface area contributed by atoms with Crippen LogP contribution in [0.4, 0.5) is 0 Å². The molecule has 2 aromatic carbocycles. The lowest BCUT2D eigenvalue weighted by Gasteiger charge is -2.09. The van der Waals surface area contributed by atoms with Gasteiger partial charge in [0.15, 0.2) is 11.4 Å². The third-order valence-electron chi connectivity index (χ3n) is 5.37. The summed E-state index contributed by atoms with van der Waals surface area (Å²) in [4.78, 5) is 21.1. The lowest BCUT2D eigenvalue weighted by molar-refractivity contribution is 0.102. The Morgan fingerprint density at radius 1 is 1.17 bits per heavy atom. The zero-order valence-corrected chi connectivity index (χ0v) is 17.4. The van der Waals surface area contributed by atoms with E-state index in [0.29, 0.717) is 17.0 Å². The van der Waals surface area contributed by atoms with Gasteiger partial charge in [-0.25, -0.2) is 4.98 Å². The van der Waals surface area contributed by atoms with Crippen LogP contribution in [-0.2, 0) is 0 Å². The number of aromatic nitrogens is 3. The molecule has 0 spiro atoms. The second kappa shape index (κ2) is 7.05. The first-order valence-corrected chi connectivity index (χ1v) is 10.6. The van der Waals surface area contributed by atoms with Crippen molar-refractivity contribution in [3.05, 3.63) is 77.0 Å². The molecule has 3 heterocycles. The number of H-pyrrole nitrogens is 1. The highest BCUT2D eigenvalue weighted by molar-refractivity contribution is 8.00. The zero-order chi connectivity index (χ0) is 20.8. The summed E-state index contributed by atoms with van der Waals surface area (Å²) in [7, 11) is 0. The first-order valence-electron chi connectivity index (χ1n) is 9.62. The maximum atomic E-state index is 13.1. The number of hydrogen-bond donors (Lipinski definition) is 1. The quantitative estimate of drug-likeness (QED) is 0.317. The number of carbonyl (C=O) groups is 1. The van der Waals surface area contributed by atoms with Crippen LogP contribution in [0, 0.1) is 25.2 Å². The number of aromatic amines is 1. The van der Waals surface area contributed by atoms with Crippen LogP contribution in [0.25, 0.3) is 27.6 Å². The number of thioether (sulfide) groups is 1. The van der Waals surface area contributed by atoms with E-state index in [4.69, 9.17) is 0 Å². The Morgan fingerprint density at radius 2 is 1.93 bits per heavy atom. The van der Waals surface area contributed by atoms with E-state index in [1.807, 2.05) is 72.8 Å².